The number of hydrogen-bond acceptors (Lipinski definition) is 4. The first-order valence-corrected chi connectivity index (χ1v) is 6.61. The molecule has 8 nitrogen and oxygen atoms in total. The Labute approximate surface area is 116 Å². The first kappa shape index (κ1) is 14.3. The maximum absolute atomic E-state index is 11.6. The molecule has 1 aliphatic carbocycles. The average molecular weight is 281 g/mol. The second-order valence-electron chi connectivity index (χ2n) is 5.13. The van der Waals surface area contributed by atoms with Crippen LogP contribution >= 0.6 is 0 Å². The molecule has 0 unspecified atom stereocenters. The molecule has 1 heterocycles. The molecule has 0 bridgehead atoms. The number of nitrogens with one attached hydrogen (secondary N) is 2. The molecule has 1 aromatic heterocycles. The lowest BCUT2D eigenvalue weighted by Gasteiger charge is -2.37. The van der Waals surface area contributed by atoms with Crippen LogP contribution in [0, 0.1) is 5.41 Å². The Morgan fingerprint density at radius 1 is 1.45 bits per heavy atom. The van der Waals surface area contributed by atoms with Crippen LogP contribution in [0.4, 0.5) is 4.79 Å². The van der Waals surface area contributed by atoms with Gasteiger partial charge in [0.05, 0.1) is 5.41 Å². The molecule has 0 saturated heterocycles. The fraction of sp³-hybridized carbons (Fsp3) is 0.667. The van der Waals surface area contributed by atoms with E-state index < -0.39 is 11.4 Å². The number of carbonyl (C=O) groups excluding carboxylic acids is 1. The van der Waals surface area contributed by atoms with Gasteiger partial charge in [-0.3, -0.25) is 9.48 Å². The van der Waals surface area contributed by atoms with Gasteiger partial charge in [-0.25, -0.2) is 9.78 Å². The summed E-state index contributed by atoms with van der Waals surface area (Å²) >= 11 is 0. The molecule has 1 saturated carbocycles. The third-order valence-electron chi connectivity index (χ3n) is 3.63. The highest BCUT2D eigenvalue weighted by Crippen LogP contribution is 2.40. The lowest BCUT2D eigenvalue weighted by atomic mass is 9.69. The van der Waals surface area contributed by atoms with Crippen LogP contribution in [0.25, 0.3) is 0 Å². The summed E-state index contributed by atoms with van der Waals surface area (Å²) in [4.78, 5) is 26.8. The van der Waals surface area contributed by atoms with Gasteiger partial charge in [0.2, 0.25) is 0 Å². The minimum Gasteiger partial charge on any atom is -0.481 e. The van der Waals surface area contributed by atoms with Gasteiger partial charge in [0, 0.05) is 26.6 Å². The summed E-state index contributed by atoms with van der Waals surface area (Å²) in [5.41, 5.74) is -0.764. The Bertz CT molecular complexity index is 495. The zero-order valence-corrected chi connectivity index (χ0v) is 11.4. The second kappa shape index (κ2) is 5.89. The maximum atomic E-state index is 11.6. The number of carboxylic acids is 1. The number of aryl methyl sites for hydroxylation is 1. The van der Waals surface area contributed by atoms with E-state index in [9.17, 15) is 9.59 Å². The van der Waals surface area contributed by atoms with Crippen molar-refractivity contribution in [3.8, 4) is 0 Å². The van der Waals surface area contributed by atoms with E-state index in [1.165, 1.54) is 0 Å². The highest BCUT2D eigenvalue weighted by molar-refractivity contribution is 5.78. The van der Waals surface area contributed by atoms with Crippen molar-refractivity contribution in [1.29, 1.82) is 0 Å². The molecule has 20 heavy (non-hydrogen) atoms. The van der Waals surface area contributed by atoms with Crippen LogP contribution in [-0.2, 0) is 18.3 Å². The predicted octanol–water partition coefficient (Wildman–Crippen LogP) is -0.0883. The quantitative estimate of drug-likeness (QED) is 0.675. The van der Waals surface area contributed by atoms with E-state index in [0.717, 1.165) is 6.42 Å². The highest BCUT2D eigenvalue weighted by Gasteiger charge is 2.44. The van der Waals surface area contributed by atoms with Crippen molar-refractivity contribution in [3.63, 3.8) is 0 Å². The summed E-state index contributed by atoms with van der Waals surface area (Å²) in [5, 5.41) is 18.5. The summed E-state index contributed by atoms with van der Waals surface area (Å²) < 4.78 is 1.60. The third kappa shape index (κ3) is 3.25. The molecular weight excluding hydrogens is 262 g/mol. The second-order valence-corrected chi connectivity index (χ2v) is 5.13. The number of carbonyl (C=O) groups is 2. The molecule has 0 spiro atoms. The monoisotopic (exact) mass is 281 g/mol. The van der Waals surface area contributed by atoms with Gasteiger partial charge in [-0.15, -0.1) is 0 Å². The van der Waals surface area contributed by atoms with E-state index in [1.54, 1.807) is 18.1 Å². The van der Waals surface area contributed by atoms with Gasteiger partial charge < -0.3 is 15.7 Å². The molecule has 110 valence electrons. The van der Waals surface area contributed by atoms with Crippen LogP contribution in [0.1, 0.15) is 25.1 Å². The van der Waals surface area contributed by atoms with E-state index in [0.29, 0.717) is 31.6 Å². The molecule has 1 fully saturated rings. The molecule has 2 rings (SSSR count). The van der Waals surface area contributed by atoms with Gasteiger partial charge in [0.25, 0.3) is 0 Å². The Hall–Kier alpha value is -2.12. The molecule has 0 aliphatic heterocycles. The van der Waals surface area contributed by atoms with Crippen LogP contribution in [0.5, 0.6) is 0 Å². The predicted molar refractivity (Wildman–Crippen MR) is 70.0 cm³/mol. The number of amides is 2. The minimum absolute atomic E-state index is 0.177. The van der Waals surface area contributed by atoms with Crippen LogP contribution in [0.3, 0.4) is 0 Å². The standard InChI is InChI=1S/C12H19N5O3/c1-17-8-15-9(16-17)3-6-13-11(20)14-7-12(10(18)19)4-2-5-12/h8H,2-7H2,1H3,(H,18,19)(H2,13,14,20). The normalized spacial score (nSPS) is 16.2. The molecular formula is C12H19N5O3. The van der Waals surface area contributed by atoms with Crippen LogP contribution < -0.4 is 10.6 Å². The number of rotatable bonds is 6. The van der Waals surface area contributed by atoms with E-state index in [1.807, 2.05) is 0 Å². The Morgan fingerprint density at radius 2 is 2.20 bits per heavy atom. The average Bonchev–Trinajstić information content (AvgIpc) is 2.73. The Morgan fingerprint density at radius 3 is 2.70 bits per heavy atom. The minimum atomic E-state index is -0.832. The van der Waals surface area contributed by atoms with Crippen molar-refractivity contribution in [2.24, 2.45) is 12.5 Å². The number of urea groups is 1. The smallest absolute Gasteiger partial charge is 0.314 e. The zero-order chi connectivity index (χ0) is 14.6. The molecule has 1 aromatic rings. The van der Waals surface area contributed by atoms with E-state index >= 15 is 0 Å². The largest absolute Gasteiger partial charge is 0.481 e. The van der Waals surface area contributed by atoms with Crippen molar-refractivity contribution in [2.45, 2.75) is 25.7 Å². The SMILES string of the molecule is Cn1cnc(CCNC(=O)NCC2(C(=O)O)CCC2)n1. The van der Waals surface area contributed by atoms with Crippen molar-refractivity contribution in [3.05, 3.63) is 12.2 Å². The molecule has 0 aromatic carbocycles. The van der Waals surface area contributed by atoms with Gasteiger partial charge in [-0.1, -0.05) is 6.42 Å². The molecule has 1 aliphatic rings. The lowest BCUT2D eigenvalue weighted by molar-refractivity contribution is -0.153. The first-order valence-electron chi connectivity index (χ1n) is 6.61. The zero-order valence-electron chi connectivity index (χ0n) is 11.4. The summed E-state index contributed by atoms with van der Waals surface area (Å²) in [6, 6.07) is -0.353. The molecule has 8 heteroatoms. The fourth-order valence-corrected chi connectivity index (χ4v) is 2.17. The molecule has 3 N–H and O–H groups in total. The van der Waals surface area contributed by atoms with E-state index in [-0.39, 0.29) is 12.6 Å². The summed E-state index contributed by atoms with van der Waals surface area (Å²) in [6.07, 6.45) is 4.29. The number of carboxylic acid groups (broad SMARTS) is 1. The molecule has 0 atom stereocenters. The summed E-state index contributed by atoms with van der Waals surface area (Å²) in [7, 11) is 1.78. The Kier molecular flexibility index (Phi) is 4.21. The number of hydrogen-bond donors (Lipinski definition) is 3. The van der Waals surface area contributed by atoms with Gasteiger partial charge in [0.1, 0.15) is 6.33 Å². The van der Waals surface area contributed by atoms with Gasteiger partial charge in [0.15, 0.2) is 5.82 Å². The topological polar surface area (TPSA) is 109 Å². The Balaban J connectivity index is 1.67. The fourth-order valence-electron chi connectivity index (χ4n) is 2.17. The van der Waals surface area contributed by atoms with Crippen molar-refractivity contribution < 1.29 is 14.7 Å². The lowest BCUT2D eigenvalue weighted by Crippen LogP contribution is -2.49. The van der Waals surface area contributed by atoms with E-state index in [2.05, 4.69) is 20.7 Å². The molecule has 0 radical (unpaired) electrons. The van der Waals surface area contributed by atoms with Crippen molar-refractivity contribution in [2.75, 3.05) is 13.1 Å². The van der Waals surface area contributed by atoms with Crippen molar-refractivity contribution in [1.82, 2.24) is 25.4 Å². The van der Waals surface area contributed by atoms with Crippen LogP contribution in [0.15, 0.2) is 6.33 Å². The van der Waals surface area contributed by atoms with Crippen LogP contribution in [-0.4, -0.2) is 45.0 Å². The first-order chi connectivity index (χ1) is 9.52. The highest BCUT2D eigenvalue weighted by atomic mass is 16.4. The third-order valence-corrected chi connectivity index (χ3v) is 3.63. The number of nitrogens with zero attached hydrogens (tertiary/aromatic N) is 3. The van der Waals surface area contributed by atoms with Gasteiger partial charge in [-0.05, 0) is 12.8 Å². The van der Waals surface area contributed by atoms with E-state index in [4.69, 9.17) is 5.11 Å². The van der Waals surface area contributed by atoms with Crippen molar-refractivity contribution >= 4 is 12.0 Å². The van der Waals surface area contributed by atoms with Gasteiger partial charge >= 0.3 is 12.0 Å². The summed E-state index contributed by atoms with van der Waals surface area (Å²) in [6.45, 7) is 0.589. The maximum Gasteiger partial charge on any atom is 0.314 e. The number of aromatic nitrogens is 3. The van der Waals surface area contributed by atoms with Crippen LogP contribution in [0.2, 0.25) is 0 Å². The molecule has 2 amide bonds. The van der Waals surface area contributed by atoms with Gasteiger partial charge in [-0.2, -0.15) is 5.10 Å². The number of aliphatic carboxylic acids is 1. The summed E-state index contributed by atoms with van der Waals surface area (Å²) in [5.74, 6) is -0.171.